The fourth-order valence-electron chi connectivity index (χ4n) is 3.88. The lowest BCUT2D eigenvalue weighted by molar-refractivity contribution is 0.215. The summed E-state index contributed by atoms with van der Waals surface area (Å²) >= 11 is 0. The molecule has 0 bridgehead atoms. The van der Waals surface area contributed by atoms with Crippen molar-refractivity contribution in [2.75, 3.05) is 43.5 Å². The number of urea groups is 1. The van der Waals surface area contributed by atoms with Crippen molar-refractivity contribution in [1.29, 1.82) is 0 Å². The number of carbonyl (C=O) groups excluding carboxylic acids is 1. The topological polar surface area (TPSA) is 101 Å². The van der Waals surface area contributed by atoms with Gasteiger partial charge in [-0.05, 0) is 42.8 Å². The maximum Gasteiger partial charge on any atom is 0.321 e. The van der Waals surface area contributed by atoms with Crippen molar-refractivity contribution in [2.45, 2.75) is 6.42 Å². The third-order valence-corrected chi connectivity index (χ3v) is 5.62. The molecule has 168 valence electrons. The number of benzene rings is 1. The number of ether oxygens (including phenoxy) is 1. The summed E-state index contributed by atoms with van der Waals surface area (Å²) in [6.45, 7) is 2.74. The molecule has 10 heteroatoms. The van der Waals surface area contributed by atoms with Gasteiger partial charge in [0.2, 0.25) is 0 Å². The molecule has 1 aromatic carbocycles. The summed E-state index contributed by atoms with van der Waals surface area (Å²) in [5.41, 5.74) is 2.29. The lowest BCUT2D eigenvalue weighted by Gasteiger charge is -2.23. The van der Waals surface area contributed by atoms with Gasteiger partial charge < -0.3 is 19.9 Å². The first-order valence-electron chi connectivity index (χ1n) is 10.8. The van der Waals surface area contributed by atoms with E-state index in [0.717, 1.165) is 24.3 Å². The summed E-state index contributed by atoms with van der Waals surface area (Å²) in [6, 6.07) is 14.9. The van der Waals surface area contributed by atoms with E-state index >= 15 is 0 Å². The van der Waals surface area contributed by atoms with Crippen molar-refractivity contribution in [1.82, 2.24) is 29.7 Å². The Morgan fingerprint density at radius 3 is 2.73 bits per heavy atom. The number of hydrogen-bond donors (Lipinski definition) is 1. The summed E-state index contributed by atoms with van der Waals surface area (Å²) < 4.78 is 6.99. The smallest absolute Gasteiger partial charge is 0.321 e. The molecule has 0 saturated carbocycles. The van der Waals surface area contributed by atoms with E-state index in [4.69, 9.17) is 9.84 Å². The Hall–Kier alpha value is -4.21. The fourth-order valence-corrected chi connectivity index (χ4v) is 3.88. The molecule has 3 aromatic heterocycles. The van der Waals surface area contributed by atoms with Crippen molar-refractivity contribution in [3.63, 3.8) is 0 Å². The highest BCUT2D eigenvalue weighted by Gasteiger charge is 2.21. The maximum absolute atomic E-state index is 12.8. The first-order valence-corrected chi connectivity index (χ1v) is 10.8. The van der Waals surface area contributed by atoms with Crippen LogP contribution in [0.25, 0.3) is 17.0 Å². The molecular formula is C23H24N8O2. The Bertz CT molecular complexity index is 1260. The fraction of sp³-hybridized carbons (Fsp3) is 0.261. The molecule has 10 nitrogen and oxygen atoms in total. The standard InChI is InChI=1S/C23H24N8O2/c1-33-19-5-2-4-18(16-19)25-23(32)30-13-3-12-29(14-15-30)21-7-6-20-26-27-22(31(20)28-21)17-8-10-24-11-9-17/h2,4-11,16H,3,12-15H2,1H3,(H,25,32). The second kappa shape index (κ2) is 9.11. The first-order chi connectivity index (χ1) is 16.2. The molecule has 0 spiro atoms. The number of methoxy groups -OCH3 is 1. The van der Waals surface area contributed by atoms with E-state index in [2.05, 4.69) is 25.4 Å². The molecule has 5 rings (SSSR count). The van der Waals surface area contributed by atoms with Crippen LogP contribution in [0, 0.1) is 0 Å². The highest BCUT2D eigenvalue weighted by atomic mass is 16.5. The first kappa shape index (κ1) is 20.7. The van der Waals surface area contributed by atoms with Crippen LogP contribution in [0.2, 0.25) is 0 Å². The molecule has 0 aliphatic carbocycles. The monoisotopic (exact) mass is 444 g/mol. The van der Waals surface area contributed by atoms with Gasteiger partial charge in [-0.1, -0.05) is 6.07 Å². The van der Waals surface area contributed by atoms with E-state index in [-0.39, 0.29) is 6.03 Å². The molecule has 33 heavy (non-hydrogen) atoms. The number of fused-ring (bicyclic) bond motifs is 1. The van der Waals surface area contributed by atoms with E-state index in [1.54, 1.807) is 30.1 Å². The predicted molar refractivity (Wildman–Crippen MR) is 124 cm³/mol. The zero-order valence-corrected chi connectivity index (χ0v) is 18.3. The quantitative estimate of drug-likeness (QED) is 0.516. The highest BCUT2D eigenvalue weighted by Crippen LogP contribution is 2.21. The zero-order chi connectivity index (χ0) is 22.6. The summed E-state index contributed by atoms with van der Waals surface area (Å²) in [7, 11) is 1.61. The molecule has 1 fully saturated rings. The number of anilines is 2. The minimum Gasteiger partial charge on any atom is -0.497 e. The predicted octanol–water partition coefficient (Wildman–Crippen LogP) is 2.94. The van der Waals surface area contributed by atoms with Gasteiger partial charge in [-0.3, -0.25) is 4.98 Å². The van der Waals surface area contributed by atoms with Gasteiger partial charge in [0.05, 0.1) is 7.11 Å². The lowest BCUT2D eigenvalue weighted by atomic mass is 10.2. The molecule has 1 N–H and O–H groups in total. The number of carbonyl (C=O) groups is 1. The molecule has 1 aliphatic heterocycles. The SMILES string of the molecule is COc1cccc(NC(=O)N2CCCN(c3ccc4nnc(-c5ccncc5)n4n3)CC2)c1. The van der Waals surface area contributed by atoms with E-state index in [9.17, 15) is 4.79 Å². The molecular weight excluding hydrogens is 420 g/mol. The lowest BCUT2D eigenvalue weighted by Crippen LogP contribution is -2.38. The van der Waals surface area contributed by atoms with E-state index in [0.29, 0.717) is 42.5 Å². The Morgan fingerprint density at radius 2 is 1.88 bits per heavy atom. The van der Waals surface area contributed by atoms with Crippen LogP contribution in [0.5, 0.6) is 5.75 Å². The third kappa shape index (κ3) is 4.40. The molecule has 2 amide bonds. The number of nitrogens with one attached hydrogen (secondary N) is 1. The number of aromatic nitrogens is 5. The summed E-state index contributed by atoms with van der Waals surface area (Å²) in [5, 5.41) is 16.3. The van der Waals surface area contributed by atoms with Gasteiger partial charge in [0.25, 0.3) is 0 Å². The van der Waals surface area contributed by atoms with Gasteiger partial charge in [0.1, 0.15) is 11.6 Å². The number of pyridine rings is 1. The molecule has 0 atom stereocenters. The van der Waals surface area contributed by atoms with Crippen molar-refractivity contribution >= 4 is 23.2 Å². The second-order valence-electron chi connectivity index (χ2n) is 7.71. The van der Waals surface area contributed by atoms with Crippen molar-refractivity contribution in [2.24, 2.45) is 0 Å². The Kier molecular flexibility index (Phi) is 5.71. The van der Waals surface area contributed by atoms with Crippen molar-refractivity contribution < 1.29 is 9.53 Å². The van der Waals surface area contributed by atoms with Crippen LogP contribution in [0.15, 0.2) is 60.9 Å². The Morgan fingerprint density at radius 1 is 1.00 bits per heavy atom. The van der Waals surface area contributed by atoms with Gasteiger partial charge in [-0.15, -0.1) is 15.3 Å². The van der Waals surface area contributed by atoms with Crippen LogP contribution in [0.1, 0.15) is 6.42 Å². The molecule has 0 unspecified atom stereocenters. The summed E-state index contributed by atoms with van der Waals surface area (Å²) in [5.74, 6) is 2.20. The largest absolute Gasteiger partial charge is 0.497 e. The van der Waals surface area contributed by atoms with E-state index in [1.165, 1.54) is 0 Å². The zero-order valence-electron chi connectivity index (χ0n) is 18.3. The molecule has 0 radical (unpaired) electrons. The van der Waals surface area contributed by atoms with Crippen molar-refractivity contribution in [3.8, 4) is 17.1 Å². The minimum absolute atomic E-state index is 0.118. The molecule has 4 heterocycles. The van der Waals surface area contributed by atoms with Crippen LogP contribution in [0.4, 0.5) is 16.3 Å². The van der Waals surface area contributed by atoms with Crippen LogP contribution >= 0.6 is 0 Å². The normalized spacial score (nSPS) is 14.2. The maximum atomic E-state index is 12.8. The molecule has 4 aromatic rings. The summed E-state index contributed by atoms with van der Waals surface area (Å²) in [6.07, 6.45) is 4.28. The van der Waals surface area contributed by atoms with E-state index < -0.39 is 0 Å². The van der Waals surface area contributed by atoms with Gasteiger partial charge in [-0.25, -0.2) is 4.79 Å². The van der Waals surface area contributed by atoms with Crippen LogP contribution in [-0.4, -0.2) is 69.0 Å². The van der Waals surface area contributed by atoms with Gasteiger partial charge in [0, 0.05) is 55.9 Å². The number of rotatable bonds is 4. The average molecular weight is 444 g/mol. The number of hydrogen-bond acceptors (Lipinski definition) is 7. The minimum atomic E-state index is -0.118. The number of nitrogens with zero attached hydrogens (tertiary/aromatic N) is 7. The second-order valence-corrected chi connectivity index (χ2v) is 7.71. The summed E-state index contributed by atoms with van der Waals surface area (Å²) in [4.78, 5) is 20.9. The van der Waals surface area contributed by atoms with Gasteiger partial charge in [0.15, 0.2) is 11.5 Å². The van der Waals surface area contributed by atoms with E-state index in [1.807, 2.05) is 47.4 Å². The third-order valence-electron chi connectivity index (χ3n) is 5.62. The van der Waals surface area contributed by atoms with Gasteiger partial charge in [-0.2, -0.15) is 4.52 Å². The molecule has 1 saturated heterocycles. The molecule has 1 aliphatic rings. The van der Waals surface area contributed by atoms with Crippen LogP contribution in [-0.2, 0) is 0 Å². The van der Waals surface area contributed by atoms with Crippen molar-refractivity contribution in [3.05, 3.63) is 60.9 Å². The average Bonchev–Trinajstić information content (AvgIpc) is 3.12. The Balaban J connectivity index is 1.30. The number of amides is 2. The van der Waals surface area contributed by atoms with Crippen LogP contribution < -0.4 is 15.0 Å². The van der Waals surface area contributed by atoms with Crippen LogP contribution in [0.3, 0.4) is 0 Å². The highest BCUT2D eigenvalue weighted by molar-refractivity contribution is 5.89. The Labute approximate surface area is 190 Å². The van der Waals surface area contributed by atoms with Gasteiger partial charge >= 0.3 is 6.03 Å².